The Morgan fingerprint density at radius 2 is 1.79 bits per heavy atom. The van der Waals surface area contributed by atoms with Crippen LogP contribution in [0, 0.1) is 12.8 Å². The van der Waals surface area contributed by atoms with Crippen LogP contribution < -0.4 is 4.31 Å². The van der Waals surface area contributed by atoms with Crippen LogP contribution in [0.2, 0.25) is 0 Å². The normalized spacial score (nSPS) is 13.9. The van der Waals surface area contributed by atoms with Crippen LogP contribution in [0.25, 0.3) is 0 Å². The first kappa shape index (κ1) is 20.4. The highest BCUT2D eigenvalue weighted by molar-refractivity contribution is 7.92. The molecule has 0 radical (unpaired) electrons. The molecule has 0 bridgehead atoms. The van der Waals surface area contributed by atoms with E-state index in [1.165, 1.54) is 4.31 Å². The molecule has 0 aromatic heterocycles. The van der Waals surface area contributed by atoms with Gasteiger partial charge in [-0.05, 0) is 61.9 Å². The molecule has 1 aliphatic rings. The minimum absolute atomic E-state index is 0.145. The molecule has 0 heterocycles. The number of carbonyl (C=O) groups excluding carboxylic acids is 1. The Bertz CT molecular complexity index is 908. The maximum atomic E-state index is 13.4. The third-order valence-electron chi connectivity index (χ3n) is 4.92. The van der Waals surface area contributed by atoms with Crippen molar-refractivity contribution in [3.63, 3.8) is 0 Å². The van der Waals surface area contributed by atoms with Crippen molar-refractivity contribution in [3.05, 3.63) is 60.2 Å². The fraction of sp³-hybridized carbons (Fsp3) is 0.409. The van der Waals surface area contributed by atoms with Gasteiger partial charge in [0.05, 0.1) is 10.6 Å². The van der Waals surface area contributed by atoms with Crippen LogP contribution in [-0.4, -0.2) is 38.9 Å². The molecule has 1 saturated carbocycles. The Kier molecular flexibility index (Phi) is 6.39. The van der Waals surface area contributed by atoms with Crippen molar-refractivity contribution in [2.45, 2.75) is 38.0 Å². The van der Waals surface area contributed by atoms with Gasteiger partial charge >= 0.3 is 0 Å². The lowest BCUT2D eigenvalue weighted by molar-refractivity contribution is -0.129. The third kappa shape index (κ3) is 4.93. The maximum absolute atomic E-state index is 13.4. The minimum Gasteiger partial charge on any atom is -0.341 e. The molecule has 0 spiro atoms. The zero-order valence-electron chi connectivity index (χ0n) is 16.5. The van der Waals surface area contributed by atoms with Gasteiger partial charge in [-0.3, -0.25) is 9.10 Å². The minimum atomic E-state index is -3.85. The molecular formula is C22H28N2O3S. The van der Waals surface area contributed by atoms with Gasteiger partial charge in [-0.2, -0.15) is 0 Å². The number of aryl methyl sites for hydroxylation is 1. The maximum Gasteiger partial charge on any atom is 0.264 e. The summed E-state index contributed by atoms with van der Waals surface area (Å²) < 4.78 is 28.0. The topological polar surface area (TPSA) is 57.7 Å². The molecule has 3 rings (SSSR count). The van der Waals surface area contributed by atoms with Gasteiger partial charge in [0.1, 0.15) is 6.54 Å². The summed E-state index contributed by atoms with van der Waals surface area (Å²) in [7, 11) is -3.85. The molecule has 2 aromatic rings. The van der Waals surface area contributed by atoms with Crippen LogP contribution in [0.1, 0.15) is 31.7 Å². The number of hydrogen-bond donors (Lipinski definition) is 0. The van der Waals surface area contributed by atoms with Crippen molar-refractivity contribution in [2.24, 2.45) is 5.92 Å². The molecule has 28 heavy (non-hydrogen) atoms. The van der Waals surface area contributed by atoms with Crippen LogP contribution in [0.15, 0.2) is 59.5 Å². The second-order valence-electron chi connectivity index (χ2n) is 7.45. The van der Waals surface area contributed by atoms with Gasteiger partial charge in [-0.1, -0.05) is 37.3 Å². The Morgan fingerprint density at radius 3 is 2.39 bits per heavy atom. The van der Waals surface area contributed by atoms with Crippen LogP contribution in [0.4, 0.5) is 5.69 Å². The molecule has 5 nitrogen and oxygen atoms in total. The number of carbonyl (C=O) groups is 1. The van der Waals surface area contributed by atoms with E-state index in [2.05, 4.69) is 0 Å². The van der Waals surface area contributed by atoms with Crippen molar-refractivity contribution in [3.8, 4) is 0 Å². The number of benzene rings is 2. The molecule has 0 N–H and O–H groups in total. The molecular weight excluding hydrogens is 372 g/mol. The monoisotopic (exact) mass is 400 g/mol. The Morgan fingerprint density at radius 1 is 1.07 bits per heavy atom. The highest BCUT2D eigenvalue weighted by Gasteiger charge is 2.31. The number of rotatable bonds is 9. The molecule has 2 aromatic carbocycles. The summed E-state index contributed by atoms with van der Waals surface area (Å²) in [6.45, 7) is 5.08. The summed E-state index contributed by atoms with van der Waals surface area (Å²) in [5.41, 5.74) is 1.36. The van der Waals surface area contributed by atoms with Crippen molar-refractivity contribution < 1.29 is 13.2 Å². The van der Waals surface area contributed by atoms with E-state index in [1.54, 1.807) is 42.5 Å². The number of anilines is 1. The molecule has 1 fully saturated rings. The average Bonchev–Trinajstić information content (AvgIpc) is 3.50. The molecule has 0 unspecified atom stereocenters. The van der Waals surface area contributed by atoms with Gasteiger partial charge in [-0.15, -0.1) is 0 Å². The van der Waals surface area contributed by atoms with Crippen LogP contribution in [0.5, 0.6) is 0 Å². The Hall–Kier alpha value is -2.34. The van der Waals surface area contributed by atoms with E-state index in [9.17, 15) is 13.2 Å². The summed E-state index contributed by atoms with van der Waals surface area (Å²) >= 11 is 0. The number of para-hydroxylation sites is 1. The fourth-order valence-corrected chi connectivity index (χ4v) is 4.75. The lowest BCUT2D eigenvalue weighted by atomic mass is 10.2. The summed E-state index contributed by atoms with van der Waals surface area (Å²) in [6.07, 6.45) is 3.16. The SMILES string of the molecule is CCCN(CC1CC1)C(=O)CN(c1ccccc1)S(=O)(=O)c1cccc(C)c1. The van der Waals surface area contributed by atoms with E-state index in [0.29, 0.717) is 18.2 Å². The second kappa shape index (κ2) is 8.78. The zero-order valence-corrected chi connectivity index (χ0v) is 17.4. The molecule has 1 amide bonds. The van der Waals surface area contributed by atoms with Crippen molar-refractivity contribution in [2.75, 3.05) is 23.9 Å². The van der Waals surface area contributed by atoms with Gasteiger partial charge in [0.15, 0.2) is 0 Å². The predicted molar refractivity (Wildman–Crippen MR) is 112 cm³/mol. The average molecular weight is 401 g/mol. The molecule has 150 valence electrons. The predicted octanol–water partition coefficient (Wildman–Crippen LogP) is 3.84. The van der Waals surface area contributed by atoms with Crippen molar-refractivity contribution in [1.29, 1.82) is 0 Å². The van der Waals surface area contributed by atoms with Gasteiger partial charge < -0.3 is 4.90 Å². The van der Waals surface area contributed by atoms with E-state index in [0.717, 1.165) is 31.4 Å². The van der Waals surface area contributed by atoms with Crippen molar-refractivity contribution >= 4 is 21.6 Å². The molecule has 0 saturated heterocycles. The van der Waals surface area contributed by atoms with E-state index in [-0.39, 0.29) is 17.3 Å². The molecule has 0 aliphatic heterocycles. The van der Waals surface area contributed by atoms with Gasteiger partial charge in [0, 0.05) is 13.1 Å². The quantitative estimate of drug-likeness (QED) is 0.643. The molecule has 0 atom stereocenters. The van der Waals surface area contributed by atoms with E-state index >= 15 is 0 Å². The Labute approximate surface area is 168 Å². The summed E-state index contributed by atoms with van der Waals surface area (Å²) in [4.78, 5) is 15.1. The first-order valence-corrected chi connectivity index (χ1v) is 11.3. The first-order valence-electron chi connectivity index (χ1n) is 9.84. The number of hydrogen-bond acceptors (Lipinski definition) is 3. The van der Waals surface area contributed by atoms with Crippen LogP contribution >= 0.6 is 0 Å². The van der Waals surface area contributed by atoms with Gasteiger partial charge in [0.2, 0.25) is 5.91 Å². The van der Waals surface area contributed by atoms with Gasteiger partial charge in [0.25, 0.3) is 10.0 Å². The van der Waals surface area contributed by atoms with Crippen LogP contribution in [0.3, 0.4) is 0 Å². The van der Waals surface area contributed by atoms with Crippen molar-refractivity contribution in [1.82, 2.24) is 4.90 Å². The van der Waals surface area contributed by atoms with E-state index < -0.39 is 10.0 Å². The lowest BCUT2D eigenvalue weighted by Crippen LogP contribution is -2.44. The van der Waals surface area contributed by atoms with Crippen LogP contribution in [-0.2, 0) is 14.8 Å². The zero-order chi connectivity index (χ0) is 20.1. The first-order chi connectivity index (χ1) is 13.4. The molecule has 1 aliphatic carbocycles. The fourth-order valence-electron chi connectivity index (χ4n) is 3.24. The number of sulfonamides is 1. The van der Waals surface area contributed by atoms with E-state index in [1.807, 2.05) is 30.9 Å². The van der Waals surface area contributed by atoms with E-state index in [4.69, 9.17) is 0 Å². The standard InChI is InChI=1S/C22H28N2O3S/c1-3-14-23(16-19-12-13-19)22(25)17-24(20-9-5-4-6-10-20)28(26,27)21-11-7-8-18(2)15-21/h4-11,15,19H,3,12-14,16-17H2,1-2H3. The lowest BCUT2D eigenvalue weighted by Gasteiger charge is -2.28. The number of nitrogens with zero attached hydrogens (tertiary/aromatic N) is 2. The highest BCUT2D eigenvalue weighted by Crippen LogP contribution is 2.30. The summed E-state index contributed by atoms with van der Waals surface area (Å²) in [5.74, 6) is 0.419. The second-order valence-corrected chi connectivity index (χ2v) is 9.31. The smallest absolute Gasteiger partial charge is 0.264 e. The number of amides is 1. The largest absolute Gasteiger partial charge is 0.341 e. The summed E-state index contributed by atoms with van der Waals surface area (Å²) in [5, 5.41) is 0. The highest BCUT2D eigenvalue weighted by atomic mass is 32.2. The van der Waals surface area contributed by atoms with Gasteiger partial charge in [-0.25, -0.2) is 8.42 Å². The molecule has 6 heteroatoms. The third-order valence-corrected chi connectivity index (χ3v) is 6.69. The Balaban J connectivity index is 1.92. The summed E-state index contributed by atoms with van der Waals surface area (Å²) in [6, 6.07) is 15.7.